The van der Waals surface area contributed by atoms with Gasteiger partial charge in [0.1, 0.15) is 10.7 Å². The molecule has 1 aliphatic rings. The molecule has 1 aromatic rings. The molecule has 1 fully saturated rings. The van der Waals surface area contributed by atoms with E-state index in [0.717, 1.165) is 23.8 Å². The number of rotatable bonds is 5. The highest BCUT2D eigenvalue weighted by Crippen LogP contribution is 2.25. The number of thiocarbonyl (C=S) groups is 1. The Bertz CT molecular complexity index is 468. The number of likely N-dealkylation sites (tertiary alicyclic amines) is 1. The molecule has 0 bridgehead atoms. The maximum absolute atomic E-state index is 5.72. The number of hydrogen-bond donors (Lipinski definition) is 1. The van der Waals surface area contributed by atoms with Gasteiger partial charge in [0, 0.05) is 17.7 Å². The summed E-state index contributed by atoms with van der Waals surface area (Å²) in [7, 11) is 1.71. The van der Waals surface area contributed by atoms with Crippen LogP contribution in [0.25, 0.3) is 0 Å². The van der Waals surface area contributed by atoms with E-state index in [1.54, 1.807) is 7.11 Å². The molecule has 0 amide bonds. The molecule has 3 nitrogen and oxygen atoms in total. The van der Waals surface area contributed by atoms with Crippen LogP contribution in [0.1, 0.15) is 37.3 Å². The van der Waals surface area contributed by atoms with E-state index in [1.807, 2.05) is 12.1 Å². The lowest BCUT2D eigenvalue weighted by molar-refractivity contribution is 0.173. The van der Waals surface area contributed by atoms with Gasteiger partial charge in [-0.05, 0) is 50.0 Å². The zero-order valence-electron chi connectivity index (χ0n) is 12.4. The van der Waals surface area contributed by atoms with Gasteiger partial charge in [-0.3, -0.25) is 4.90 Å². The van der Waals surface area contributed by atoms with Crippen LogP contribution in [-0.4, -0.2) is 30.1 Å². The van der Waals surface area contributed by atoms with Crippen LogP contribution in [0.2, 0.25) is 0 Å². The normalized spacial score (nSPS) is 17.1. The Labute approximate surface area is 127 Å². The molecular weight excluding hydrogens is 268 g/mol. The lowest BCUT2D eigenvalue weighted by Crippen LogP contribution is -2.33. The molecule has 0 atom stereocenters. The summed E-state index contributed by atoms with van der Waals surface area (Å²) in [5.41, 5.74) is 7.81. The number of hydrogen-bond acceptors (Lipinski definition) is 3. The van der Waals surface area contributed by atoms with Crippen molar-refractivity contribution < 1.29 is 4.74 Å². The second kappa shape index (κ2) is 7.04. The number of nitrogens with two attached hydrogens (primary N) is 1. The molecule has 1 heterocycles. The van der Waals surface area contributed by atoms with Gasteiger partial charge in [0.2, 0.25) is 0 Å². The highest BCUT2D eigenvalue weighted by atomic mass is 32.1. The van der Waals surface area contributed by atoms with E-state index in [9.17, 15) is 0 Å². The van der Waals surface area contributed by atoms with Crippen molar-refractivity contribution >= 4 is 17.2 Å². The maximum atomic E-state index is 5.72. The van der Waals surface area contributed by atoms with Crippen LogP contribution in [-0.2, 0) is 6.54 Å². The predicted octanol–water partition coefficient (Wildman–Crippen LogP) is 2.95. The minimum atomic E-state index is 0.443. The first-order valence-electron chi connectivity index (χ1n) is 7.33. The van der Waals surface area contributed by atoms with Crippen LogP contribution in [0.5, 0.6) is 5.75 Å². The molecule has 1 aliphatic heterocycles. The van der Waals surface area contributed by atoms with Crippen molar-refractivity contribution in [3.8, 4) is 5.75 Å². The van der Waals surface area contributed by atoms with Gasteiger partial charge in [-0.1, -0.05) is 25.6 Å². The van der Waals surface area contributed by atoms with E-state index >= 15 is 0 Å². The van der Waals surface area contributed by atoms with Crippen molar-refractivity contribution in [1.82, 2.24) is 4.90 Å². The zero-order chi connectivity index (χ0) is 14.5. The van der Waals surface area contributed by atoms with Crippen LogP contribution >= 0.6 is 12.2 Å². The molecule has 0 saturated carbocycles. The SMILES string of the molecule is CCC1CCN(Cc2cc(C(N)=S)ccc2OC)CC1. The Kier molecular flexibility index (Phi) is 5.38. The van der Waals surface area contributed by atoms with E-state index in [4.69, 9.17) is 22.7 Å². The Morgan fingerprint density at radius 1 is 1.40 bits per heavy atom. The van der Waals surface area contributed by atoms with Crippen molar-refractivity contribution in [3.63, 3.8) is 0 Å². The summed E-state index contributed by atoms with van der Waals surface area (Å²) in [6.07, 6.45) is 3.90. The fourth-order valence-corrected chi connectivity index (χ4v) is 2.98. The summed E-state index contributed by atoms with van der Waals surface area (Å²) in [6, 6.07) is 5.95. The molecule has 110 valence electrons. The Balaban J connectivity index is 2.08. The summed E-state index contributed by atoms with van der Waals surface area (Å²) >= 11 is 5.06. The molecule has 2 rings (SSSR count). The van der Waals surface area contributed by atoms with Crippen molar-refractivity contribution in [2.75, 3.05) is 20.2 Å². The second-order valence-corrected chi connectivity index (χ2v) is 5.96. The summed E-state index contributed by atoms with van der Waals surface area (Å²) in [6.45, 7) is 5.53. The number of benzene rings is 1. The first kappa shape index (κ1) is 15.3. The molecule has 0 unspecified atom stereocenters. The average Bonchev–Trinajstić information content (AvgIpc) is 2.48. The molecular formula is C16H24N2OS. The van der Waals surface area contributed by atoms with Crippen molar-refractivity contribution in [1.29, 1.82) is 0 Å². The van der Waals surface area contributed by atoms with Crippen molar-refractivity contribution in [2.24, 2.45) is 11.7 Å². The fourth-order valence-electron chi connectivity index (χ4n) is 2.85. The van der Waals surface area contributed by atoms with Gasteiger partial charge in [-0.15, -0.1) is 0 Å². The number of piperidine rings is 1. The Morgan fingerprint density at radius 3 is 2.65 bits per heavy atom. The van der Waals surface area contributed by atoms with Gasteiger partial charge in [-0.2, -0.15) is 0 Å². The quantitative estimate of drug-likeness (QED) is 0.847. The Morgan fingerprint density at radius 2 is 2.10 bits per heavy atom. The number of ether oxygens (including phenoxy) is 1. The molecule has 0 aromatic heterocycles. The smallest absolute Gasteiger partial charge is 0.123 e. The van der Waals surface area contributed by atoms with E-state index in [1.165, 1.54) is 37.9 Å². The number of methoxy groups -OCH3 is 1. The fraction of sp³-hybridized carbons (Fsp3) is 0.562. The molecule has 1 saturated heterocycles. The zero-order valence-corrected chi connectivity index (χ0v) is 13.2. The largest absolute Gasteiger partial charge is 0.496 e. The molecule has 1 aromatic carbocycles. The molecule has 0 spiro atoms. The third-order valence-corrected chi connectivity index (χ3v) is 4.48. The third-order valence-electron chi connectivity index (χ3n) is 4.24. The highest BCUT2D eigenvalue weighted by molar-refractivity contribution is 7.80. The Hall–Kier alpha value is -1.13. The van der Waals surface area contributed by atoms with Gasteiger partial charge < -0.3 is 10.5 Å². The number of nitrogens with zero attached hydrogens (tertiary/aromatic N) is 1. The monoisotopic (exact) mass is 292 g/mol. The standard InChI is InChI=1S/C16H24N2OS/c1-3-12-6-8-18(9-7-12)11-14-10-13(16(17)20)4-5-15(14)19-2/h4-5,10,12H,3,6-9,11H2,1-2H3,(H2,17,20). The van der Waals surface area contributed by atoms with Crippen LogP contribution in [0.15, 0.2) is 18.2 Å². The van der Waals surface area contributed by atoms with Gasteiger partial charge in [-0.25, -0.2) is 0 Å². The molecule has 20 heavy (non-hydrogen) atoms. The lowest BCUT2D eigenvalue weighted by Gasteiger charge is -2.31. The summed E-state index contributed by atoms with van der Waals surface area (Å²) < 4.78 is 5.45. The van der Waals surface area contributed by atoms with E-state index in [2.05, 4.69) is 17.9 Å². The maximum Gasteiger partial charge on any atom is 0.123 e. The topological polar surface area (TPSA) is 38.5 Å². The van der Waals surface area contributed by atoms with E-state index in [-0.39, 0.29) is 0 Å². The van der Waals surface area contributed by atoms with Crippen LogP contribution in [0, 0.1) is 5.92 Å². The minimum Gasteiger partial charge on any atom is -0.496 e. The molecule has 2 N–H and O–H groups in total. The first-order valence-corrected chi connectivity index (χ1v) is 7.74. The second-order valence-electron chi connectivity index (χ2n) is 5.52. The highest BCUT2D eigenvalue weighted by Gasteiger charge is 2.19. The van der Waals surface area contributed by atoms with E-state index < -0.39 is 0 Å². The van der Waals surface area contributed by atoms with Gasteiger partial charge >= 0.3 is 0 Å². The average molecular weight is 292 g/mol. The van der Waals surface area contributed by atoms with Gasteiger partial charge in [0.05, 0.1) is 7.11 Å². The van der Waals surface area contributed by atoms with Crippen LogP contribution in [0.3, 0.4) is 0 Å². The minimum absolute atomic E-state index is 0.443. The molecule has 0 aliphatic carbocycles. The van der Waals surface area contributed by atoms with Crippen LogP contribution in [0.4, 0.5) is 0 Å². The summed E-state index contributed by atoms with van der Waals surface area (Å²) in [5, 5.41) is 0. The summed E-state index contributed by atoms with van der Waals surface area (Å²) in [4.78, 5) is 2.94. The predicted molar refractivity (Wildman–Crippen MR) is 87.2 cm³/mol. The van der Waals surface area contributed by atoms with E-state index in [0.29, 0.717) is 4.99 Å². The first-order chi connectivity index (χ1) is 9.63. The van der Waals surface area contributed by atoms with Crippen molar-refractivity contribution in [3.05, 3.63) is 29.3 Å². The molecule has 0 radical (unpaired) electrons. The molecule has 4 heteroatoms. The summed E-state index contributed by atoms with van der Waals surface area (Å²) in [5.74, 6) is 1.82. The van der Waals surface area contributed by atoms with Gasteiger partial charge in [0.15, 0.2) is 0 Å². The third kappa shape index (κ3) is 3.70. The van der Waals surface area contributed by atoms with Gasteiger partial charge in [0.25, 0.3) is 0 Å². The lowest BCUT2D eigenvalue weighted by atomic mass is 9.94. The van der Waals surface area contributed by atoms with Crippen molar-refractivity contribution in [2.45, 2.75) is 32.7 Å². The van der Waals surface area contributed by atoms with Crippen LogP contribution < -0.4 is 10.5 Å².